The van der Waals surface area contributed by atoms with Crippen molar-refractivity contribution >= 4 is 33.0 Å². The Bertz CT molecular complexity index is 843. The minimum absolute atomic E-state index is 0.154. The molecule has 0 saturated carbocycles. The van der Waals surface area contributed by atoms with Gasteiger partial charge in [0.25, 0.3) is 5.91 Å². The summed E-state index contributed by atoms with van der Waals surface area (Å²) in [6.07, 6.45) is 1.11. The second-order valence-corrected chi connectivity index (χ2v) is 7.03. The Balaban J connectivity index is 2.14. The first-order chi connectivity index (χ1) is 10.8. The number of hydrogen-bond donors (Lipinski definition) is 2. The van der Waals surface area contributed by atoms with Crippen LogP contribution in [0.25, 0.3) is 0 Å². The Labute approximate surface area is 134 Å². The predicted octanol–water partition coefficient (Wildman–Crippen LogP) is 2.30. The Morgan fingerprint density at radius 3 is 2.00 bits per heavy atom. The van der Waals surface area contributed by atoms with Gasteiger partial charge in [-0.1, -0.05) is 6.07 Å². The smallest absolute Gasteiger partial charge is 0.255 e. The summed E-state index contributed by atoms with van der Waals surface area (Å²) in [4.78, 5) is 23.3. The summed E-state index contributed by atoms with van der Waals surface area (Å²) < 4.78 is 22.8. The zero-order valence-corrected chi connectivity index (χ0v) is 13.5. The molecule has 0 spiro atoms. The van der Waals surface area contributed by atoms with Crippen molar-refractivity contribution in [3.63, 3.8) is 0 Å². The molecular formula is C16H16N2O4S. The van der Waals surface area contributed by atoms with Crippen LogP contribution in [-0.4, -0.2) is 26.5 Å². The second kappa shape index (κ2) is 6.62. The van der Waals surface area contributed by atoms with Crippen molar-refractivity contribution in [1.29, 1.82) is 0 Å². The Morgan fingerprint density at radius 2 is 1.48 bits per heavy atom. The molecule has 2 amide bonds. The summed E-state index contributed by atoms with van der Waals surface area (Å²) in [5.74, 6) is -0.574. The van der Waals surface area contributed by atoms with Crippen LogP contribution >= 0.6 is 0 Å². The van der Waals surface area contributed by atoms with Crippen LogP contribution in [0.4, 0.5) is 11.4 Å². The highest BCUT2D eigenvalue weighted by atomic mass is 32.2. The van der Waals surface area contributed by atoms with E-state index in [0.29, 0.717) is 16.9 Å². The molecule has 0 bridgehead atoms. The molecule has 0 saturated heterocycles. The zero-order chi connectivity index (χ0) is 17.0. The molecule has 0 atom stereocenters. The lowest BCUT2D eigenvalue weighted by Crippen LogP contribution is -2.12. The molecule has 0 aromatic heterocycles. The zero-order valence-electron chi connectivity index (χ0n) is 12.7. The molecule has 0 radical (unpaired) electrons. The van der Waals surface area contributed by atoms with Crippen LogP contribution in [0, 0.1) is 0 Å². The first-order valence-electron chi connectivity index (χ1n) is 6.75. The number of hydrogen-bond acceptors (Lipinski definition) is 4. The largest absolute Gasteiger partial charge is 0.326 e. The fraction of sp³-hybridized carbons (Fsp3) is 0.125. The highest BCUT2D eigenvalue weighted by Crippen LogP contribution is 2.17. The highest BCUT2D eigenvalue weighted by Gasteiger charge is 2.10. The summed E-state index contributed by atoms with van der Waals surface area (Å²) in [5, 5.41) is 5.32. The lowest BCUT2D eigenvalue weighted by atomic mass is 10.2. The molecule has 0 aliphatic heterocycles. The van der Waals surface area contributed by atoms with Gasteiger partial charge in [0, 0.05) is 30.1 Å². The summed E-state index contributed by atoms with van der Waals surface area (Å²) in [5.41, 5.74) is 1.43. The molecule has 2 rings (SSSR count). The van der Waals surface area contributed by atoms with Gasteiger partial charge in [0.05, 0.1) is 4.90 Å². The number of sulfone groups is 1. The first kappa shape index (κ1) is 16.7. The Kier molecular flexibility index (Phi) is 4.80. The first-order valence-corrected chi connectivity index (χ1v) is 8.64. The quantitative estimate of drug-likeness (QED) is 0.898. The van der Waals surface area contributed by atoms with Crippen LogP contribution < -0.4 is 10.6 Å². The number of anilines is 2. The van der Waals surface area contributed by atoms with Crippen LogP contribution in [0.1, 0.15) is 17.3 Å². The van der Waals surface area contributed by atoms with E-state index in [1.54, 1.807) is 24.3 Å². The molecule has 2 aromatic rings. The molecule has 0 aliphatic rings. The van der Waals surface area contributed by atoms with Crippen molar-refractivity contribution in [2.24, 2.45) is 0 Å². The van der Waals surface area contributed by atoms with Gasteiger partial charge in [0.1, 0.15) is 0 Å². The molecule has 23 heavy (non-hydrogen) atoms. The number of carbonyl (C=O) groups excluding carboxylic acids is 2. The SMILES string of the molecule is CC(=O)Nc1cccc(NC(=O)c2ccc(S(C)(=O)=O)cc2)c1. The fourth-order valence-electron chi connectivity index (χ4n) is 1.93. The van der Waals surface area contributed by atoms with Gasteiger partial charge in [0.15, 0.2) is 9.84 Å². The van der Waals surface area contributed by atoms with Crippen molar-refractivity contribution in [2.45, 2.75) is 11.8 Å². The maximum atomic E-state index is 12.2. The van der Waals surface area contributed by atoms with E-state index in [1.165, 1.54) is 31.2 Å². The molecule has 0 fully saturated rings. The van der Waals surface area contributed by atoms with Crippen LogP contribution in [-0.2, 0) is 14.6 Å². The number of rotatable bonds is 4. The van der Waals surface area contributed by atoms with Crippen molar-refractivity contribution < 1.29 is 18.0 Å². The third-order valence-electron chi connectivity index (χ3n) is 2.99. The molecule has 6 nitrogen and oxygen atoms in total. The molecule has 2 N–H and O–H groups in total. The van der Waals surface area contributed by atoms with Gasteiger partial charge < -0.3 is 10.6 Å². The summed E-state index contributed by atoms with van der Waals surface area (Å²) in [6.45, 7) is 1.40. The molecule has 7 heteroatoms. The van der Waals surface area contributed by atoms with E-state index in [0.717, 1.165) is 6.26 Å². The number of carbonyl (C=O) groups is 2. The van der Waals surface area contributed by atoms with Gasteiger partial charge in [-0.3, -0.25) is 9.59 Å². The number of amides is 2. The monoisotopic (exact) mass is 332 g/mol. The van der Waals surface area contributed by atoms with Gasteiger partial charge in [-0.15, -0.1) is 0 Å². The van der Waals surface area contributed by atoms with E-state index >= 15 is 0 Å². The molecule has 120 valence electrons. The average Bonchev–Trinajstić information content (AvgIpc) is 2.46. The third-order valence-corrected chi connectivity index (χ3v) is 4.11. The van der Waals surface area contributed by atoms with Crippen molar-refractivity contribution in [3.8, 4) is 0 Å². The Hall–Kier alpha value is -2.67. The van der Waals surface area contributed by atoms with Crippen molar-refractivity contribution in [2.75, 3.05) is 16.9 Å². The Morgan fingerprint density at radius 1 is 0.913 bits per heavy atom. The normalized spacial score (nSPS) is 10.9. The summed E-state index contributed by atoms with van der Waals surface area (Å²) in [6, 6.07) is 12.4. The maximum Gasteiger partial charge on any atom is 0.255 e. The molecule has 0 aliphatic carbocycles. The van der Waals surface area contributed by atoms with Crippen molar-refractivity contribution in [1.82, 2.24) is 0 Å². The van der Waals surface area contributed by atoms with Crippen LogP contribution in [0.5, 0.6) is 0 Å². The standard InChI is InChI=1S/C16H16N2O4S/c1-11(19)17-13-4-3-5-14(10-13)18-16(20)12-6-8-15(9-7-12)23(2,21)22/h3-10H,1-2H3,(H,17,19)(H,18,20). The van der Waals surface area contributed by atoms with E-state index in [1.807, 2.05) is 0 Å². The van der Waals surface area contributed by atoms with Crippen LogP contribution in [0.2, 0.25) is 0 Å². The van der Waals surface area contributed by atoms with E-state index in [9.17, 15) is 18.0 Å². The minimum atomic E-state index is -3.29. The minimum Gasteiger partial charge on any atom is -0.326 e. The number of nitrogens with one attached hydrogen (secondary N) is 2. The van der Waals surface area contributed by atoms with E-state index < -0.39 is 9.84 Å². The van der Waals surface area contributed by atoms with Crippen molar-refractivity contribution in [3.05, 3.63) is 54.1 Å². The second-order valence-electron chi connectivity index (χ2n) is 5.01. The molecule has 0 unspecified atom stereocenters. The van der Waals surface area contributed by atoms with Gasteiger partial charge >= 0.3 is 0 Å². The van der Waals surface area contributed by atoms with Gasteiger partial charge in [0.2, 0.25) is 5.91 Å². The van der Waals surface area contributed by atoms with Crippen LogP contribution in [0.15, 0.2) is 53.4 Å². The predicted molar refractivity (Wildman–Crippen MR) is 88.3 cm³/mol. The van der Waals surface area contributed by atoms with E-state index in [4.69, 9.17) is 0 Å². The fourth-order valence-corrected chi connectivity index (χ4v) is 2.57. The van der Waals surface area contributed by atoms with E-state index in [2.05, 4.69) is 10.6 Å². The van der Waals surface area contributed by atoms with E-state index in [-0.39, 0.29) is 16.7 Å². The topological polar surface area (TPSA) is 92.3 Å². The third kappa shape index (κ3) is 4.65. The molecular weight excluding hydrogens is 316 g/mol. The lowest BCUT2D eigenvalue weighted by Gasteiger charge is -2.08. The lowest BCUT2D eigenvalue weighted by molar-refractivity contribution is -0.114. The van der Waals surface area contributed by atoms with Gasteiger partial charge in [-0.25, -0.2) is 8.42 Å². The van der Waals surface area contributed by atoms with Gasteiger partial charge in [-0.05, 0) is 42.5 Å². The average molecular weight is 332 g/mol. The molecule has 2 aromatic carbocycles. The molecule has 0 heterocycles. The summed E-state index contributed by atoms with van der Waals surface area (Å²) in [7, 11) is -3.29. The highest BCUT2D eigenvalue weighted by molar-refractivity contribution is 7.90. The summed E-state index contributed by atoms with van der Waals surface area (Å²) >= 11 is 0. The maximum absolute atomic E-state index is 12.2. The van der Waals surface area contributed by atoms with Gasteiger partial charge in [-0.2, -0.15) is 0 Å². The number of benzene rings is 2. The van der Waals surface area contributed by atoms with Crippen LogP contribution in [0.3, 0.4) is 0 Å².